The molecule has 2 aromatic carbocycles. The van der Waals surface area contributed by atoms with E-state index in [0.29, 0.717) is 19.7 Å². The van der Waals surface area contributed by atoms with Gasteiger partial charge in [0, 0.05) is 39.1 Å². The second-order valence-corrected chi connectivity index (χ2v) is 9.36. The number of hydrogen-bond acceptors (Lipinski definition) is 4. The van der Waals surface area contributed by atoms with Crippen molar-refractivity contribution in [2.45, 2.75) is 53.2 Å². The maximum absolute atomic E-state index is 12.2. The zero-order valence-corrected chi connectivity index (χ0v) is 19.6. The quantitative estimate of drug-likeness (QED) is 0.656. The normalized spacial score (nSPS) is 15.1. The van der Waals surface area contributed by atoms with Gasteiger partial charge in [-0.3, -0.25) is 4.90 Å². The number of nitrogens with zero attached hydrogens (tertiary/aromatic N) is 2. The summed E-state index contributed by atoms with van der Waals surface area (Å²) in [6.07, 6.45) is 0.682. The Morgan fingerprint density at radius 3 is 2.23 bits per heavy atom. The lowest BCUT2D eigenvalue weighted by Crippen LogP contribution is -2.49. The molecule has 1 aliphatic rings. The van der Waals surface area contributed by atoms with E-state index in [2.05, 4.69) is 49.1 Å². The Balaban J connectivity index is 1.42. The van der Waals surface area contributed by atoms with Gasteiger partial charge in [0.25, 0.3) is 0 Å². The predicted molar refractivity (Wildman–Crippen MR) is 125 cm³/mol. The number of amides is 1. The summed E-state index contributed by atoms with van der Waals surface area (Å²) < 4.78 is 11.5. The second kappa shape index (κ2) is 10.2. The lowest BCUT2D eigenvalue weighted by atomic mass is 10.1. The highest BCUT2D eigenvalue weighted by atomic mass is 16.6. The summed E-state index contributed by atoms with van der Waals surface area (Å²) in [7, 11) is 0. The van der Waals surface area contributed by atoms with Crippen molar-refractivity contribution in [1.82, 2.24) is 9.80 Å². The Kier molecular flexibility index (Phi) is 7.60. The van der Waals surface area contributed by atoms with Crippen LogP contribution in [0.1, 0.15) is 43.0 Å². The highest BCUT2D eigenvalue weighted by molar-refractivity contribution is 5.68. The van der Waals surface area contributed by atoms with E-state index in [1.807, 2.05) is 32.9 Å². The molecular formula is C26H36N2O3. The van der Waals surface area contributed by atoms with Crippen LogP contribution in [0.25, 0.3) is 0 Å². The minimum Gasteiger partial charge on any atom is -0.493 e. The molecule has 0 atom stereocenters. The number of carbonyl (C=O) groups excluding carboxylic acids is 1. The number of hydrogen-bond donors (Lipinski definition) is 0. The van der Waals surface area contributed by atoms with Gasteiger partial charge in [-0.25, -0.2) is 4.79 Å². The summed E-state index contributed by atoms with van der Waals surface area (Å²) in [4.78, 5) is 16.4. The molecule has 0 saturated carbocycles. The third kappa shape index (κ3) is 7.00. The zero-order valence-electron chi connectivity index (χ0n) is 19.6. The largest absolute Gasteiger partial charge is 0.493 e. The number of carbonyl (C=O) groups is 1. The average Bonchev–Trinajstić information content (AvgIpc) is 2.72. The Hall–Kier alpha value is -2.53. The topological polar surface area (TPSA) is 42.0 Å². The molecule has 5 heteroatoms. The van der Waals surface area contributed by atoms with Crippen LogP contribution in [-0.2, 0) is 17.7 Å². The molecule has 0 N–H and O–H groups in total. The van der Waals surface area contributed by atoms with E-state index >= 15 is 0 Å². The molecule has 1 amide bonds. The van der Waals surface area contributed by atoms with Crippen LogP contribution in [0.5, 0.6) is 5.75 Å². The van der Waals surface area contributed by atoms with E-state index in [4.69, 9.17) is 9.47 Å². The van der Waals surface area contributed by atoms with E-state index < -0.39 is 5.60 Å². The molecule has 5 nitrogen and oxygen atoms in total. The molecule has 0 bridgehead atoms. The van der Waals surface area contributed by atoms with Crippen LogP contribution in [0.3, 0.4) is 0 Å². The summed E-state index contributed by atoms with van der Waals surface area (Å²) in [5.74, 6) is 0.974. The van der Waals surface area contributed by atoms with E-state index in [1.165, 1.54) is 22.3 Å². The smallest absolute Gasteiger partial charge is 0.410 e. The van der Waals surface area contributed by atoms with Crippen LogP contribution in [0, 0.1) is 13.8 Å². The van der Waals surface area contributed by atoms with E-state index in [9.17, 15) is 4.79 Å². The van der Waals surface area contributed by atoms with Crippen LogP contribution in [-0.4, -0.2) is 54.3 Å². The first-order chi connectivity index (χ1) is 14.7. The van der Waals surface area contributed by atoms with Crippen molar-refractivity contribution in [2.75, 3.05) is 32.8 Å². The number of benzene rings is 2. The molecule has 168 valence electrons. The summed E-state index contributed by atoms with van der Waals surface area (Å²) >= 11 is 0. The number of aryl methyl sites for hydroxylation is 1. The SMILES string of the molecule is Cc1cccc(OCCc2ccc(CN3CCN(C(=O)OC(C)(C)C)CC3)cc2)c1C. The van der Waals surface area contributed by atoms with Crippen molar-refractivity contribution in [3.8, 4) is 5.75 Å². The van der Waals surface area contributed by atoms with Gasteiger partial charge in [-0.15, -0.1) is 0 Å². The van der Waals surface area contributed by atoms with E-state index in [-0.39, 0.29) is 6.09 Å². The van der Waals surface area contributed by atoms with Crippen molar-refractivity contribution in [1.29, 1.82) is 0 Å². The molecule has 1 saturated heterocycles. The maximum Gasteiger partial charge on any atom is 0.410 e. The molecule has 31 heavy (non-hydrogen) atoms. The van der Waals surface area contributed by atoms with Gasteiger partial charge >= 0.3 is 6.09 Å². The minimum absolute atomic E-state index is 0.209. The molecule has 2 aromatic rings. The lowest BCUT2D eigenvalue weighted by molar-refractivity contribution is 0.0139. The van der Waals surface area contributed by atoms with Crippen LogP contribution in [0.2, 0.25) is 0 Å². The summed E-state index contributed by atoms with van der Waals surface area (Å²) in [6.45, 7) is 14.7. The van der Waals surface area contributed by atoms with Gasteiger partial charge in [0.05, 0.1) is 6.61 Å². The van der Waals surface area contributed by atoms with Crippen molar-refractivity contribution in [3.05, 3.63) is 64.7 Å². The number of rotatable bonds is 6. The average molecular weight is 425 g/mol. The highest BCUT2D eigenvalue weighted by Gasteiger charge is 2.25. The van der Waals surface area contributed by atoms with Crippen LogP contribution < -0.4 is 4.74 Å². The second-order valence-electron chi connectivity index (χ2n) is 9.36. The van der Waals surface area contributed by atoms with Gasteiger partial charge in [0.1, 0.15) is 11.4 Å². The molecule has 1 fully saturated rings. The van der Waals surface area contributed by atoms with Crippen molar-refractivity contribution >= 4 is 6.09 Å². The monoisotopic (exact) mass is 424 g/mol. The van der Waals surface area contributed by atoms with Crippen LogP contribution in [0.15, 0.2) is 42.5 Å². The lowest BCUT2D eigenvalue weighted by Gasteiger charge is -2.35. The molecule has 3 rings (SSSR count). The van der Waals surface area contributed by atoms with Gasteiger partial charge in [-0.1, -0.05) is 36.4 Å². The van der Waals surface area contributed by atoms with E-state index in [1.54, 1.807) is 4.90 Å². The number of ether oxygens (including phenoxy) is 2. The molecular weight excluding hydrogens is 388 g/mol. The van der Waals surface area contributed by atoms with Crippen molar-refractivity contribution < 1.29 is 14.3 Å². The van der Waals surface area contributed by atoms with Gasteiger partial charge in [-0.2, -0.15) is 0 Å². The Labute approximate surface area is 187 Å². The first-order valence-electron chi connectivity index (χ1n) is 11.2. The van der Waals surface area contributed by atoms with Crippen molar-refractivity contribution in [3.63, 3.8) is 0 Å². The van der Waals surface area contributed by atoms with E-state index in [0.717, 1.165) is 31.8 Å². The predicted octanol–water partition coefficient (Wildman–Crippen LogP) is 4.98. The summed E-state index contributed by atoms with van der Waals surface area (Å²) in [5.41, 5.74) is 4.60. The molecule has 0 aromatic heterocycles. The zero-order chi connectivity index (χ0) is 22.4. The molecule has 0 aliphatic carbocycles. The van der Waals surface area contributed by atoms with Crippen LogP contribution >= 0.6 is 0 Å². The fourth-order valence-corrected chi connectivity index (χ4v) is 3.64. The fourth-order valence-electron chi connectivity index (χ4n) is 3.64. The third-order valence-electron chi connectivity index (χ3n) is 5.66. The summed E-state index contributed by atoms with van der Waals surface area (Å²) in [5, 5.41) is 0. The van der Waals surface area contributed by atoms with Gasteiger partial charge in [-0.05, 0) is 62.9 Å². The summed E-state index contributed by atoms with van der Waals surface area (Å²) in [6, 6.07) is 15.0. The Morgan fingerprint density at radius 2 is 1.58 bits per heavy atom. The fraction of sp³-hybridized carbons (Fsp3) is 0.500. The molecule has 0 spiro atoms. The molecule has 0 unspecified atom stereocenters. The maximum atomic E-state index is 12.2. The Morgan fingerprint density at radius 1 is 0.935 bits per heavy atom. The van der Waals surface area contributed by atoms with Crippen molar-refractivity contribution in [2.24, 2.45) is 0 Å². The highest BCUT2D eigenvalue weighted by Crippen LogP contribution is 2.21. The van der Waals surface area contributed by atoms with Gasteiger partial charge in [0.2, 0.25) is 0 Å². The third-order valence-corrected chi connectivity index (χ3v) is 5.66. The molecule has 0 radical (unpaired) electrons. The first kappa shape index (κ1) is 23.1. The van der Waals surface area contributed by atoms with Crippen LogP contribution in [0.4, 0.5) is 4.79 Å². The standard InChI is InChI=1S/C26H36N2O3/c1-20-7-6-8-24(21(20)2)30-18-13-22-9-11-23(12-10-22)19-27-14-16-28(17-15-27)25(29)31-26(3,4)5/h6-12H,13-19H2,1-5H3. The van der Waals surface area contributed by atoms with Gasteiger partial charge in [0.15, 0.2) is 0 Å². The minimum atomic E-state index is -0.445. The molecule has 1 heterocycles. The van der Waals surface area contributed by atoms with Gasteiger partial charge < -0.3 is 14.4 Å². The Bertz CT molecular complexity index is 863. The number of piperazine rings is 1. The first-order valence-corrected chi connectivity index (χ1v) is 11.2. The molecule has 1 aliphatic heterocycles.